The standard InChI is InChI=1S/C25H22N4O6/c1-31-18-9-10-19(21(13-18)32-2)24(30)26-16-5-7-17(8-6-16)29-23(27-25(28-29)33-3)15-4-11-20-22(12-15)35-14-34-20/h4-13H,14H2,1-3H3,(H,26,30). The molecular weight excluding hydrogens is 452 g/mol. The summed E-state index contributed by atoms with van der Waals surface area (Å²) in [5.74, 6) is 2.61. The number of anilines is 1. The van der Waals surface area contributed by atoms with Gasteiger partial charge in [0, 0.05) is 17.3 Å². The third-order valence-corrected chi connectivity index (χ3v) is 5.42. The van der Waals surface area contributed by atoms with Crippen LogP contribution >= 0.6 is 0 Å². The smallest absolute Gasteiger partial charge is 0.336 e. The number of methoxy groups -OCH3 is 3. The van der Waals surface area contributed by atoms with Crippen LogP contribution in [-0.2, 0) is 0 Å². The van der Waals surface area contributed by atoms with Crippen molar-refractivity contribution in [2.24, 2.45) is 0 Å². The molecule has 178 valence electrons. The predicted molar refractivity (Wildman–Crippen MR) is 127 cm³/mol. The zero-order valence-electron chi connectivity index (χ0n) is 19.3. The third kappa shape index (κ3) is 4.29. The van der Waals surface area contributed by atoms with Crippen LogP contribution in [0, 0.1) is 0 Å². The minimum Gasteiger partial charge on any atom is -0.497 e. The Labute approximate surface area is 201 Å². The quantitative estimate of drug-likeness (QED) is 0.429. The van der Waals surface area contributed by atoms with Gasteiger partial charge in [0.15, 0.2) is 17.3 Å². The van der Waals surface area contributed by atoms with E-state index in [9.17, 15) is 4.79 Å². The Hall–Kier alpha value is -4.73. The van der Waals surface area contributed by atoms with Crippen molar-refractivity contribution >= 4 is 11.6 Å². The van der Waals surface area contributed by atoms with Crippen LogP contribution in [0.1, 0.15) is 10.4 Å². The highest BCUT2D eigenvalue weighted by Crippen LogP contribution is 2.36. The van der Waals surface area contributed by atoms with Crippen LogP contribution < -0.4 is 29.0 Å². The fraction of sp³-hybridized carbons (Fsp3) is 0.160. The number of nitrogens with zero attached hydrogens (tertiary/aromatic N) is 3. The summed E-state index contributed by atoms with van der Waals surface area (Å²) in [5, 5.41) is 7.32. The summed E-state index contributed by atoms with van der Waals surface area (Å²) in [7, 11) is 4.57. The molecular formula is C25H22N4O6. The second-order valence-electron chi connectivity index (χ2n) is 7.47. The van der Waals surface area contributed by atoms with Gasteiger partial charge in [0.25, 0.3) is 5.91 Å². The van der Waals surface area contributed by atoms with Crippen LogP contribution in [0.25, 0.3) is 17.1 Å². The van der Waals surface area contributed by atoms with Gasteiger partial charge in [0.2, 0.25) is 6.79 Å². The molecule has 0 atom stereocenters. The van der Waals surface area contributed by atoms with E-state index in [-0.39, 0.29) is 18.7 Å². The Balaban J connectivity index is 1.40. The van der Waals surface area contributed by atoms with Crippen molar-refractivity contribution in [3.8, 4) is 46.1 Å². The lowest BCUT2D eigenvalue weighted by molar-refractivity contribution is 0.102. The molecule has 1 aliphatic rings. The number of carbonyl (C=O) groups excluding carboxylic acids is 1. The molecule has 4 aromatic rings. The van der Waals surface area contributed by atoms with Crippen molar-refractivity contribution in [3.63, 3.8) is 0 Å². The number of nitrogens with one attached hydrogen (secondary N) is 1. The van der Waals surface area contributed by atoms with Crippen molar-refractivity contribution in [1.82, 2.24) is 14.8 Å². The molecule has 0 unspecified atom stereocenters. The molecule has 5 rings (SSSR count). The number of benzene rings is 3. The van der Waals surface area contributed by atoms with Gasteiger partial charge in [-0.15, -0.1) is 5.10 Å². The number of rotatable bonds is 7. The minimum atomic E-state index is -0.305. The molecule has 10 heteroatoms. The van der Waals surface area contributed by atoms with Crippen molar-refractivity contribution < 1.29 is 28.5 Å². The summed E-state index contributed by atoms with van der Waals surface area (Å²) in [6.45, 7) is 0.185. The fourth-order valence-electron chi connectivity index (χ4n) is 3.65. The highest BCUT2D eigenvalue weighted by molar-refractivity contribution is 6.06. The zero-order valence-corrected chi connectivity index (χ0v) is 19.3. The van der Waals surface area contributed by atoms with E-state index >= 15 is 0 Å². The van der Waals surface area contributed by atoms with E-state index < -0.39 is 0 Å². The summed E-state index contributed by atoms with van der Waals surface area (Å²) in [5.41, 5.74) is 2.51. The van der Waals surface area contributed by atoms with Crippen LogP contribution in [0.5, 0.6) is 29.0 Å². The van der Waals surface area contributed by atoms with Crippen molar-refractivity contribution in [3.05, 3.63) is 66.2 Å². The number of hydrogen-bond acceptors (Lipinski definition) is 8. The Bertz CT molecular complexity index is 1380. The number of hydrogen-bond donors (Lipinski definition) is 1. The number of ether oxygens (including phenoxy) is 5. The maximum Gasteiger partial charge on any atom is 0.336 e. The summed E-state index contributed by atoms with van der Waals surface area (Å²) in [4.78, 5) is 17.3. The first kappa shape index (κ1) is 22.1. The zero-order chi connectivity index (χ0) is 24.4. The number of amides is 1. The monoisotopic (exact) mass is 474 g/mol. The van der Waals surface area contributed by atoms with Crippen molar-refractivity contribution in [1.29, 1.82) is 0 Å². The molecule has 0 saturated heterocycles. The molecule has 0 saturated carbocycles. The molecule has 1 aromatic heterocycles. The second-order valence-corrected chi connectivity index (χ2v) is 7.47. The van der Waals surface area contributed by atoms with Gasteiger partial charge in [0.05, 0.1) is 32.6 Å². The number of carbonyl (C=O) groups is 1. The van der Waals surface area contributed by atoms with Gasteiger partial charge in [-0.1, -0.05) is 0 Å². The van der Waals surface area contributed by atoms with Crippen LogP contribution in [0.3, 0.4) is 0 Å². The van der Waals surface area contributed by atoms with Crippen LogP contribution in [0.15, 0.2) is 60.7 Å². The lowest BCUT2D eigenvalue weighted by Gasteiger charge is -2.11. The highest BCUT2D eigenvalue weighted by Gasteiger charge is 2.19. The molecule has 0 fully saturated rings. The van der Waals surface area contributed by atoms with Gasteiger partial charge in [-0.05, 0) is 54.6 Å². The summed E-state index contributed by atoms with van der Waals surface area (Å²) in [6, 6.07) is 18.0. The van der Waals surface area contributed by atoms with Gasteiger partial charge in [-0.3, -0.25) is 4.79 Å². The van der Waals surface area contributed by atoms with Crippen molar-refractivity contribution in [2.45, 2.75) is 0 Å². The lowest BCUT2D eigenvalue weighted by Crippen LogP contribution is -2.13. The molecule has 10 nitrogen and oxygen atoms in total. The van der Waals surface area contributed by atoms with E-state index in [0.29, 0.717) is 40.1 Å². The molecule has 2 heterocycles. The predicted octanol–water partition coefficient (Wildman–Crippen LogP) is 3.94. The number of fused-ring (bicyclic) bond motifs is 1. The van der Waals surface area contributed by atoms with Gasteiger partial charge < -0.3 is 29.0 Å². The Morgan fingerprint density at radius 1 is 0.914 bits per heavy atom. The first-order chi connectivity index (χ1) is 17.1. The molecule has 0 spiro atoms. The molecule has 0 bridgehead atoms. The average Bonchev–Trinajstić information content (AvgIpc) is 3.55. The molecule has 35 heavy (non-hydrogen) atoms. The molecule has 1 N–H and O–H groups in total. The van der Waals surface area contributed by atoms with E-state index in [2.05, 4.69) is 15.4 Å². The summed E-state index contributed by atoms with van der Waals surface area (Å²) in [6.07, 6.45) is 0. The minimum absolute atomic E-state index is 0.185. The Morgan fingerprint density at radius 2 is 1.71 bits per heavy atom. The van der Waals surface area contributed by atoms with Crippen LogP contribution in [-0.4, -0.2) is 48.8 Å². The molecule has 0 radical (unpaired) electrons. The topological polar surface area (TPSA) is 106 Å². The first-order valence-corrected chi connectivity index (χ1v) is 10.6. The largest absolute Gasteiger partial charge is 0.497 e. The number of aromatic nitrogens is 3. The van der Waals surface area contributed by atoms with Crippen molar-refractivity contribution in [2.75, 3.05) is 33.4 Å². The third-order valence-electron chi connectivity index (χ3n) is 5.42. The van der Waals surface area contributed by atoms with Gasteiger partial charge in [-0.2, -0.15) is 4.98 Å². The van der Waals surface area contributed by atoms with E-state index in [0.717, 1.165) is 11.3 Å². The van der Waals surface area contributed by atoms with Gasteiger partial charge >= 0.3 is 6.01 Å². The molecule has 1 amide bonds. The molecule has 3 aromatic carbocycles. The second kappa shape index (κ2) is 9.26. The molecule has 1 aliphatic heterocycles. The average molecular weight is 474 g/mol. The SMILES string of the molecule is COc1ccc(C(=O)Nc2ccc(-n3nc(OC)nc3-c3ccc4c(c3)OCO4)cc2)c(OC)c1. The summed E-state index contributed by atoms with van der Waals surface area (Å²) >= 11 is 0. The van der Waals surface area contributed by atoms with Crippen LogP contribution in [0.4, 0.5) is 5.69 Å². The van der Waals surface area contributed by atoms with E-state index in [1.165, 1.54) is 14.2 Å². The Kier molecular flexibility index (Phi) is 5.84. The highest BCUT2D eigenvalue weighted by atomic mass is 16.7. The van der Waals surface area contributed by atoms with E-state index in [1.807, 2.05) is 30.3 Å². The summed E-state index contributed by atoms with van der Waals surface area (Å²) < 4.78 is 28.3. The fourth-order valence-corrected chi connectivity index (χ4v) is 3.65. The van der Waals surface area contributed by atoms with E-state index in [4.69, 9.17) is 23.7 Å². The van der Waals surface area contributed by atoms with Gasteiger partial charge in [-0.25, -0.2) is 4.68 Å². The normalized spacial score (nSPS) is 11.7. The molecule has 0 aliphatic carbocycles. The first-order valence-electron chi connectivity index (χ1n) is 10.6. The Morgan fingerprint density at radius 3 is 2.46 bits per heavy atom. The lowest BCUT2D eigenvalue weighted by atomic mass is 10.1. The maximum atomic E-state index is 12.8. The van der Waals surface area contributed by atoms with Crippen LogP contribution in [0.2, 0.25) is 0 Å². The maximum absolute atomic E-state index is 12.8. The van der Waals surface area contributed by atoms with E-state index in [1.54, 1.807) is 42.1 Å². The van der Waals surface area contributed by atoms with Gasteiger partial charge in [0.1, 0.15) is 11.5 Å².